The molecule has 0 amide bonds. The van der Waals surface area contributed by atoms with Gasteiger partial charge in [0.2, 0.25) is 0 Å². The number of H-pyrrole nitrogens is 2. The van der Waals surface area contributed by atoms with Crippen LogP contribution in [0.2, 0.25) is 0 Å². The molecule has 0 aliphatic rings. The maximum atomic E-state index is 11.8. The number of aromatic amines is 2. The molecule has 0 aliphatic carbocycles. The molecule has 0 saturated carbocycles. The van der Waals surface area contributed by atoms with Crippen molar-refractivity contribution in [1.29, 1.82) is 0 Å². The number of hydrogen-bond donors (Lipinski definition) is 2. The van der Waals surface area contributed by atoms with Crippen LogP contribution in [0.3, 0.4) is 0 Å². The Balaban J connectivity index is 1.43. The van der Waals surface area contributed by atoms with E-state index >= 15 is 0 Å². The standard InChI is InChI=1S/C27H23N7OS/c1-15(35)23-7-8-24(36-23)18-5-4-6-20-25(18)31-27(30-20)26-19-10-21(29-13-22(19)32-33-26)17-9-16(11-28-12-17)14-34(2)3/h4-13H,14H2,1-3H3,(H,30,31)(H,32,33). The number of nitrogens with one attached hydrogen (secondary N) is 2. The Kier molecular flexibility index (Phi) is 5.43. The van der Waals surface area contributed by atoms with E-state index in [9.17, 15) is 4.79 Å². The number of Topliss-reactive ketones (excluding diaryl/α,β-unsaturated/α-hetero) is 1. The number of pyridine rings is 2. The summed E-state index contributed by atoms with van der Waals surface area (Å²) in [6.07, 6.45) is 5.50. The third kappa shape index (κ3) is 3.98. The SMILES string of the molecule is CC(=O)c1ccc(-c2cccc3[nH]c(-c4n[nH]c5cnc(-c6cncc(CN(C)C)c6)cc45)nc23)s1. The summed E-state index contributed by atoms with van der Waals surface area (Å²) in [5.74, 6) is 0.736. The second-order valence-corrected chi connectivity index (χ2v) is 10.1. The average Bonchev–Trinajstić information content (AvgIpc) is 3.60. The Morgan fingerprint density at radius 2 is 1.94 bits per heavy atom. The van der Waals surface area contributed by atoms with Crippen LogP contribution >= 0.6 is 11.3 Å². The van der Waals surface area contributed by atoms with Crippen LogP contribution in [-0.4, -0.2) is 54.9 Å². The summed E-state index contributed by atoms with van der Waals surface area (Å²) in [5.41, 5.74) is 7.19. The van der Waals surface area contributed by atoms with Crippen LogP contribution < -0.4 is 0 Å². The fourth-order valence-electron chi connectivity index (χ4n) is 4.35. The topological polar surface area (TPSA) is 103 Å². The van der Waals surface area contributed by atoms with Crippen molar-refractivity contribution >= 4 is 39.1 Å². The van der Waals surface area contributed by atoms with Gasteiger partial charge in [0.25, 0.3) is 0 Å². The van der Waals surface area contributed by atoms with Crippen molar-refractivity contribution in [3.63, 3.8) is 0 Å². The number of hydrogen-bond acceptors (Lipinski definition) is 7. The molecule has 0 fully saturated rings. The number of fused-ring (bicyclic) bond motifs is 2. The van der Waals surface area contributed by atoms with Gasteiger partial charge in [0.15, 0.2) is 11.6 Å². The minimum Gasteiger partial charge on any atom is -0.337 e. The number of aromatic nitrogens is 6. The van der Waals surface area contributed by atoms with Gasteiger partial charge in [0.1, 0.15) is 5.69 Å². The summed E-state index contributed by atoms with van der Waals surface area (Å²) >= 11 is 1.48. The van der Waals surface area contributed by atoms with Crippen molar-refractivity contribution in [2.24, 2.45) is 0 Å². The second kappa shape index (κ2) is 8.78. The highest BCUT2D eigenvalue weighted by atomic mass is 32.1. The first kappa shape index (κ1) is 22.3. The van der Waals surface area contributed by atoms with E-state index < -0.39 is 0 Å². The molecule has 0 aliphatic heterocycles. The van der Waals surface area contributed by atoms with Crippen molar-refractivity contribution < 1.29 is 4.79 Å². The monoisotopic (exact) mass is 493 g/mol. The quantitative estimate of drug-likeness (QED) is 0.295. The van der Waals surface area contributed by atoms with E-state index in [1.165, 1.54) is 11.3 Å². The third-order valence-corrected chi connectivity index (χ3v) is 7.21. The van der Waals surface area contributed by atoms with Crippen LogP contribution in [-0.2, 0) is 6.54 Å². The number of para-hydroxylation sites is 1. The van der Waals surface area contributed by atoms with Gasteiger partial charge in [-0.25, -0.2) is 4.98 Å². The molecule has 0 unspecified atom stereocenters. The Hall–Kier alpha value is -4.21. The van der Waals surface area contributed by atoms with Crippen LogP contribution in [0.5, 0.6) is 0 Å². The number of nitrogens with zero attached hydrogens (tertiary/aromatic N) is 5. The van der Waals surface area contributed by atoms with E-state index in [4.69, 9.17) is 4.98 Å². The number of carbonyl (C=O) groups is 1. The molecule has 0 radical (unpaired) electrons. The predicted molar refractivity (Wildman–Crippen MR) is 143 cm³/mol. The molecule has 178 valence electrons. The molecular formula is C27H23N7OS. The molecule has 0 bridgehead atoms. The summed E-state index contributed by atoms with van der Waals surface area (Å²) in [6.45, 7) is 2.39. The molecule has 2 N–H and O–H groups in total. The van der Waals surface area contributed by atoms with Gasteiger partial charge in [-0.2, -0.15) is 5.10 Å². The highest BCUT2D eigenvalue weighted by Gasteiger charge is 2.17. The van der Waals surface area contributed by atoms with Crippen molar-refractivity contribution in [3.05, 3.63) is 71.5 Å². The zero-order chi connectivity index (χ0) is 24.8. The van der Waals surface area contributed by atoms with Crippen LogP contribution in [0, 0.1) is 0 Å². The minimum absolute atomic E-state index is 0.0657. The fraction of sp³-hybridized carbons (Fsp3) is 0.148. The lowest BCUT2D eigenvalue weighted by Gasteiger charge is -2.10. The van der Waals surface area contributed by atoms with Gasteiger partial charge in [-0.1, -0.05) is 12.1 Å². The van der Waals surface area contributed by atoms with Crippen molar-refractivity contribution in [1.82, 2.24) is 35.0 Å². The van der Waals surface area contributed by atoms with E-state index in [-0.39, 0.29) is 5.78 Å². The molecule has 0 spiro atoms. The van der Waals surface area contributed by atoms with Gasteiger partial charge >= 0.3 is 0 Å². The third-order valence-electron chi connectivity index (χ3n) is 5.99. The van der Waals surface area contributed by atoms with Gasteiger partial charge in [-0.3, -0.25) is 19.9 Å². The van der Waals surface area contributed by atoms with E-state index in [0.29, 0.717) is 5.82 Å². The molecule has 5 aromatic heterocycles. The lowest BCUT2D eigenvalue weighted by atomic mass is 10.1. The number of carbonyl (C=O) groups excluding carboxylic acids is 1. The molecule has 5 heterocycles. The molecule has 6 aromatic rings. The van der Waals surface area contributed by atoms with Gasteiger partial charge in [-0.15, -0.1) is 11.3 Å². The number of ketones is 1. The van der Waals surface area contributed by atoms with Gasteiger partial charge < -0.3 is 9.88 Å². The van der Waals surface area contributed by atoms with E-state index in [1.807, 2.05) is 62.9 Å². The largest absolute Gasteiger partial charge is 0.337 e. The first-order chi connectivity index (χ1) is 17.5. The van der Waals surface area contributed by atoms with E-state index in [2.05, 4.69) is 36.1 Å². The highest BCUT2D eigenvalue weighted by Crippen LogP contribution is 2.35. The second-order valence-electron chi connectivity index (χ2n) is 9.01. The van der Waals surface area contributed by atoms with Crippen molar-refractivity contribution in [2.75, 3.05) is 14.1 Å². The molecule has 0 atom stereocenters. The van der Waals surface area contributed by atoms with Gasteiger partial charge in [0.05, 0.1) is 33.3 Å². The lowest BCUT2D eigenvalue weighted by molar-refractivity contribution is 0.102. The van der Waals surface area contributed by atoms with E-state index in [1.54, 1.807) is 13.1 Å². The van der Waals surface area contributed by atoms with Crippen LogP contribution in [0.1, 0.15) is 22.2 Å². The predicted octanol–water partition coefficient (Wildman–Crippen LogP) is 5.56. The van der Waals surface area contributed by atoms with Gasteiger partial charge in [-0.05, 0) is 56.9 Å². The molecule has 8 nitrogen and oxygen atoms in total. The normalized spacial score (nSPS) is 11.7. The Morgan fingerprint density at radius 3 is 2.75 bits per heavy atom. The summed E-state index contributed by atoms with van der Waals surface area (Å²) in [5, 5.41) is 8.56. The number of imidazole rings is 1. The highest BCUT2D eigenvalue weighted by molar-refractivity contribution is 7.17. The fourth-order valence-corrected chi connectivity index (χ4v) is 5.28. The van der Waals surface area contributed by atoms with Crippen LogP contribution in [0.4, 0.5) is 0 Å². The molecule has 6 rings (SSSR count). The van der Waals surface area contributed by atoms with Crippen LogP contribution in [0.25, 0.3) is 55.2 Å². The summed E-state index contributed by atoms with van der Waals surface area (Å²) in [4.78, 5) is 33.1. The molecule has 36 heavy (non-hydrogen) atoms. The number of rotatable bonds is 6. The van der Waals surface area contributed by atoms with Crippen molar-refractivity contribution in [2.45, 2.75) is 13.5 Å². The molecule has 0 saturated heterocycles. The summed E-state index contributed by atoms with van der Waals surface area (Å²) < 4.78 is 0. The Labute approximate surface area is 211 Å². The van der Waals surface area contributed by atoms with Crippen molar-refractivity contribution in [3.8, 4) is 33.2 Å². The molecule has 9 heteroatoms. The average molecular weight is 494 g/mol. The molecular weight excluding hydrogens is 470 g/mol. The number of thiophene rings is 1. The maximum absolute atomic E-state index is 11.8. The summed E-state index contributed by atoms with van der Waals surface area (Å²) in [7, 11) is 4.07. The lowest BCUT2D eigenvalue weighted by Crippen LogP contribution is -2.10. The first-order valence-corrected chi connectivity index (χ1v) is 12.3. The summed E-state index contributed by atoms with van der Waals surface area (Å²) in [6, 6.07) is 14.0. The Morgan fingerprint density at radius 1 is 1.06 bits per heavy atom. The zero-order valence-corrected chi connectivity index (χ0v) is 20.8. The minimum atomic E-state index is 0.0657. The van der Waals surface area contributed by atoms with Gasteiger partial charge in [0, 0.05) is 40.3 Å². The molecule has 1 aromatic carbocycles. The maximum Gasteiger partial charge on any atom is 0.169 e. The van der Waals surface area contributed by atoms with Crippen LogP contribution in [0.15, 0.2) is 61.1 Å². The number of benzene rings is 1. The zero-order valence-electron chi connectivity index (χ0n) is 20.0. The smallest absolute Gasteiger partial charge is 0.169 e. The Bertz CT molecular complexity index is 1740. The first-order valence-electron chi connectivity index (χ1n) is 11.5. The van der Waals surface area contributed by atoms with E-state index in [0.717, 1.165) is 66.3 Å².